The van der Waals surface area contributed by atoms with E-state index in [1.807, 2.05) is 26.0 Å². The summed E-state index contributed by atoms with van der Waals surface area (Å²) in [5.41, 5.74) is 9.05. The number of anilines is 1. The van der Waals surface area contributed by atoms with Gasteiger partial charge in [0.25, 0.3) is 0 Å². The molecule has 2 rings (SSSR count). The van der Waals surface area contributed by atoms with Gasteiger partial charge in [0.15, 0.2) is 0 Å². The van der Waals surface area contributed by atoms with Crippen LogP contribution in [0.25, 0.3) is 0 Å². The molecule has 18 heavy (non-hydrogen) atoms. The Morgan fingerprint density at radius 1 is 1.22 bits per heavy atom. The minimum Gasteiger partial charge on any atom is -0.439 e. The first-order valence-electron chi connectivity index (χ1n) is 5.51. The van der Waals surface area contributed by atoms with Gasteiger partial charge in [-0.1, -0.05) is 6.07 Å². The lowest BCUT2D eigenvalue weighted by Crippen LogP contribution is -1.95. The predicted octanol–water partition coefficient (Wildman–Crippen LogP) is 2.94. The van der Waals surface area contributed by atoms with Crippen LogP contribution >= 0.6 is 0 Å². The molecule has 0 spiro atoms. The van der Waals surface area contributed by atoms with Gasteiger partial charge in [-0.25, -0.2) is 4.98 Å². The summed E-state index contributed by atoms with van der Waals surface area (Å²) in [6.45, 7) is 3.90. The van der Waals surface area contributed by atoms with Crippen molar-refractivity contribution >= 4 is 5.69 Å². The lowest BCUT2D eigenvalue weighted by atomic mass is 10.1. The van der Waals surface area contributed by atoms with E-state index in [1.165, 1.54) is 6.20 Å². The van der Waals surface area contributed by atoms with Gasteiger partial charge >= 0.3 is 0 Å². The smallest absolute Gasteiger partial charge is 0.219 e. The van der Waals surface area contributed by atoms with Crippen molar-refractivity contribution in [3.05, 3.63) is 47.2 Å². The van der Waals surface area contributed by atoms with Crippen LogP contribution in [0.5, 0.6) is 11.6 Å². The van der Waals surface area contributed by atoms with E-state index in [1.54, 1.807) is 18.2 Å². The highest BCUT2D eigenvalue weighted by Crippen LogP contribution is 2.28. The Kier molecular flexibility index (Phi) is 3.16. The lowest BCUT2D eigenvalue weighted by Gasteiger charge is -2.10. The molecule has 0 amide bonds. The van der Waals surface area contributed by atoms with Crippen molar-refractivity contribution in [2.45, 2.75) is 13.8 Å². The zero-order chi connectivity index (χ0) is 13.1. The predicted molar refractivity (Wildman–Crippen MR) is 69.4 cm³/mol. The van der Waals surface area contributed by atoms with Crippen LogP contribution in [0.3, 0.4) is 0 Å². The van der Waals surface area contributed by atoms with Gasteiger partial charge in [0.1, 0.15) is 11.8 Å². The number of rotatable bonds is 2. The number of ether oxygens (including phenoxy) is 1. The van der Waals surface area contributed by atoms with Gasteiger partial charge in [0, 0.05) is 24.0 Å². The fourth-order valence-corrected chi connectivity index (χ4v) is 1.58. The average molecular weight is 239 g/mol. The Bertz CT molecular complexity index is 612. The van der Waals surface area contributed by atoms with E-state index in [4.69, 9.17) is 15.7 Å². The van der Waals surface area contributed by atoms with E-state index in [0.717, 1.165) is 11.1 Å². The zero-order valence-electron chi connectivity index (χ0n) is 10.3. The molecular formula is C14H13N3O. The summed E-state index contributed by atoms with van der Waals surface area (Å²) >= 11 is 0. The Hall–Kier alpha value is -2.54. The van der Waals surface area contributed by atoms with Crippen molar-refractivity contribution in [3.63, 3.8) is 0 Å². The Morgan fingerprint density at radius 2 is 2.00 bits per heavy atom. The molecule has 0 saturated carbocycles. The van der Waals surface area contributed by atoms with Gasteiger partial charge in [-0.15, -0.1) is 0 Å². The third-order valence-electron chi connectivity index (χ3n) is 2.64. The highest BCUT2D eigenvalue weighted by molar-refractivity contribution is 5.54. The molecule has 2 aromatic rings. The number of aryl methyl sites for hydroxylation is 2. The average Bonchev–Trinajstić information content (AvgIpc) is 2.37. The third kappa shape index (κ3) is 2.41. The molecule has 0 bridgehead atoms. The van der Waals surface area contributed by atoms with E-state index in [-0.39, 0.29) is 0 Å². The van der Waals surface area contributed by atoms with Gasteiger partial charge in [-0.3, -0.25) is 0 Å². The second-order valence-corrected chi connectivity index (χ2v) is 4.07. The molecule has 90 valence electrons. The molecule has 0 fully saturated rings. The molecule has 1 heterocycles. The number of benzene rings is 1. The summed E-state index contributed by atoms with van der Waals surface area (Å²) < 4.78 is 5.64. The molecule has 0 aliphatic heterocycles. The first-order valence-corrected chi connectivity index (χ1v) is 5.51. The molecule has 0 radical (unpaired) electrons. The SMILES string of the molecule is Cc1cc(C)c(Oc2ccc(C#N)cn2)cc1N. The molecule has 0 aliphatic rings. The Labute approximate surface area is 106 Å². The summed E-state index contributed by atoms with van der Waals surface area (Å²) in [5, 5.41) is 8.68. The first kappa shape index (κ1) is 11.9. The van der Waals surface area contributed by atoms with Crippen LogP contribution in [-0.4, -0.2) is 4.98 Å². The first-order chi connectivity index (χ1) is 8.60. The van der Waals surface area contributed by atoms with Gasteiger partial charge < -0.3 is 10.5 Å². The number of hydrogen-bond acceptors (Lipinski definition) is 4. The Balaban J connectivity index is 2.28. The van der Waals surface area contributed by atoms with E-state index in [2.05, 4.69) is 4.98 Å². The van der Waals surface area contributed by atoms with Crippen LogP contribution in [-0.2, 0) is 0 Å². The summed E-state index contributed by atoms with van der Waals surface area (Å²) in [6.07, 6.45) is 1.47. The third-order valence-corrected chi connectivity index (χ3v) is 2.64. The number of nitriles is 1. The molecule has 4 heteroatoms. The van der Waals surface area contributed by atoms with Gasteiger partial charge in [-0.05, 0) is 31.0 Å². The maximum atomic E-state index is 8.68. The molecule has 2 N–H and O–H groups in total. The minimum atomic E-state index is 0.445. The van der Waals surface area contributed by atoms with E-state index in [0.29, 0.717) is 22.9 Å². The summed E-state index contributed by atoms with van der Waals surface area (Å²) in [6, 6.07) is 9.08. The number of hydrogen-bond donors (Lipinski definition) is 1. The molecule has 4 nitrogen and oxygen atoms in total. The van der Waals surface area contributed by atoms with Crippen LogP contribution in [0, 0.1) is 25.2 Å². The number of nitrogen functional groups attached to an aromatic ring is 1. The normalized spacial score (nSPS) is 9.83. The van der Waals surface area contributed by atoms with E-state index >= 15 is 0 Å². The van der Waals surface area contributed by atoms with Crippen molar-refractivity contribution in [1.29, 1.82) is 5.26 Å². The molecule has 0 saturated heterocycles. The van der Waals surface area contributed by atoms with Gasteiger partial charge in [0.05, 0.1) is 5.56 Å². The number of nitrogens with zero attached hydrogens (tertiary/aromatic N) is 2. The molecule has 0 atom stereocenters. The van der Waals surface area contributed by atoms with E-state index < -0.39 is 0 Å². The van der Waals surface area contributed by atoms with Gasteiger partial charge in [0.2, 0.25) is 5.88 Å². The standard InChI is InChI=1S/C14H13N3O/c1-9-5-10(2)13(6-12(9)16)18-14-4-3-11(7-15)8-17-14/h3-6,8H,16H2,1-2H3. The van der Waals surface area contributed by atoms with Crippen LogP contribution in [0.4, 0.5) is 5.69 Å². The molecule has 1 aromatic heterocycles. The van der Waals surface area contributed by atoms with Crippen molar-refractivity contribution in [2.24, 2.45) is 0 Å². The summed E-state index contributed by atoms with van der Waals surface area (Å²) in [5.74, 6) is 1.12. The topological polar surface area (TPSA) is 71.9 Å². The second kappa shape index (κ2) is 4.76. The van der Waals surface area contributed by atoms with Crippen molar-refractivity contribution < 1.29 is 4.74 Å². The molecule has 1 aromatic carbocycles. The van der Waals surface area contributed by atoms with Crippen molar-refractivity contribution in [2.75, 3.05) is 5.73 Å². The lowest BCUT2D eigenvalue weighted by molar-refractivity contribution is 0.459. The maximum Gasteiger partial charge on any atom is 0.219 e. The highest BCUT2D eigenvalue weighted by Gasteiger charge is 2.05. The summed E-state index contributed by atoms with van der Waals surface area (Å²) in [4.78, 5) is 4.05. The number of aromatic nitrogens is 1. The maximum absolute atomic E-state index is 8.68. The second-order valence-electron chi connectivity index (χ2n) is 4.07. The number of pyridine rings is 1. The fraction of sp³-hybridized carbons (Fsp3) is 0.143. The quantitative estimate of drug-likeness (QED) is 0.818. The van der Waals surface area contributed by atoms with Crippen LogP contribution in [0.2, 0.25) is 0 Å². The largest absolute Gasteiger partial charge is 0.439 e. The highest BCUT2D eigenvalue weighted by atomic mass is 16.5. The fourth-order valence-electron chi connectivity index (χ4n) is 1.58. The van der Waals surface area contributed by atoms with Crippen molar-refractivity contribution in [1.82, 2.24) is 4.98 Å². The molecule has 0 aliphatic carbocycles. The minimum absolute atomic E-state index is 0.445. The summed E-state index contributed by atoms with van der Waals surface area (Å²) in [7, 11) is 0. The van der Waals surface area contributed by atoms with Crippen LogP contribution in [0.15, 0.2) is 30.5 Å². The van der Waals surface area contributed by atoms with Crippen LogP contribution < -0.4 is 10.5 Å². The van der Waals surface area contributed by atoms with E-state index in [9.17, 15) is 0 Å². The zero-order valence-corrected chi connectivity index (χ0v) is 10.3. The monoisotopic (exact) mass is 239 g/mol. The van der Waals surface area contributed by atoms with Gasteiger partial charge in [-0.2, -0.15) is 5.26 Å². The molecular weight excluding hydrogens is 226 g/mol. The van der Waals surface area contributed by atoms with Crippen LogP contribution in [0.1, 0.15) is 16.7 Å². The molecule has 0 unspecified atom stereocenters. The Morgan fingerprint density at radius 3 is 2.61 bits per heavy atom. The number of nitrogens with two attached hydrogens (primary N) is 1. The van der Waals surface area contributed by atoms with Crippen molar-refractivity contribution in [3.8, 4) is 17.7 Å².